The van der Waals surface area contributed by atoms with Crippen LogP contribution in [0.3, 0.4) is 0 Å². The van der Waals surface area contributed by atoms with Crippen molar-refractivity contribution in [2.24, 2.45) is 0 Å². The van der Waals surface area contributed by atoms with E-state index in [0.29, 0.717) is 24.8 Å². The fraction of sp³-hybridized carbons (Fsp3) is 0.368. The van der Waals surface area contributed by atoms with Crippen molar-refractivity contribution in [2.75, 3.05) is 26.4 Å². The van der Waals surface area contributed by atoms with Gasteiger partial charge in [-0.1, -0.05) is 39.7 Å². The summed E-state index contributed by atoms with van der Waals surface area (Å²) in [5.41, 5.74) is 1.09. The molecule has 2 aromatic rings. The average molecular weight is 429 g/mol. The number of rotatable bonds is 10. The van der Waals surface area contributed by atoms with Gasteiger partial charge in [-0.15, -0.1) is 0 Å². The molecule has 2 rings (SSSR count). The Balaban J connectivity index is 1.57. The molecule has 136 valence electrons. The van der Waals surface area contributed by atoms with Gasteiger partial charge in [-0.05, 0) is 48.9 Å². The maximum atomic E-state index is 9.99. The highest BCUT2D eigenvalue weighted by Crippen LogP contribution is 2.17. The highest BCUT2D eigenvalue weighted by Gasteiger charge is 2.09. The van der Waals surface area contributed by atoms with Gasteiger partial charge < -0.3 is 19.9 Å². The lowest BCUT2D eigenvalue weighted by molar-refractivity contribution is 0.0242. The van der Waals surface area contributed by atoms with Crippen LogP contribution in [0.4, 0.5) is 0 Å². The van der Waals surface area contributed by atoms with Crippen molar-refractivity contribution in [1.29, 1.82) is 0 Å². The molecule has 25 heavy (non-hydrogen) atoms. The summed E-state index contributed by atoms with van der Waals surface area (Å²) in [4.78, 5) is 0. The molecule has 0 amide bonds. The lowest BCUT2D eigenvalue weighted by Crippen LogP contribution is -2.32. The van der Waals surface area contributed by atoms with Gasteiger partial charge in [0.1, 0.15) is 12.4 Å². The Bertz CT molecular complexity index is 639. The normalized spacial score (nSPS) is 13.4. The molecule has 0 fully saturated rings. The highest BCUT2D eigenvalue weighted by molar-refractivity contribution is 9.10. The Morgan fingerprint density at radius 2 is 1.92 bits per heavy atom. The molecule has 2 atom stereocenters. The van der Waals surface area contributed by atoms with E-state index in [2.05, 4.69) is 21.2 Å². The van der Waals surface area contributed by atoms with Crippen molar-refractivity contribution in [1.82, 2.24) is 5.32 Å². The first-order chi connectivity index (χ1) is 12.0. The first-order valence-corrected chi connectivity index (χ1v) is 9.34. The van der Waals surface area contributed by atoms with Gasteiger partial charge in [-0.3, -0.25) is 0 Å². The van der Waals surface area contributed by atoms with Crippen LogP contribution in [0, 0.1) is 0 Å². The molecule has 0 bridgehead atoms. The molecular formula is C19H23BrClNO3. The zero-order valence-electron chi connectivity index (χ0n) is 14.1. The van der Waals surface area contributed by atoms with Crippen LogP contribution in [0.2, 0.25) is 5.02 Å². The monoisotopic (exact) mass is 427 g/mol. The van der Waals surface area contributed by atoms with E-state index in [4.69, 9.17) is 21.1 Å². The van der Waals surface area contributed by atoms with Crippen LogP contribution in [0.25, 0.3) is 0 Å². The number of aliphatic hydroxyl groups excluding tert-OH is 1. The number of aliphatic hydroxyl groups is 1. The van der Waals surface area contributed by atoms with Crippen molar-refractivity contribution < 1.29 is 14.6 Å². The largest absolute Gasteiger partial charge is 0.491 e. The third-order valence-electron chi connectivity index (χ3n) is 3.63. The summed E-state index contributed by atoms with van der Waals surface area (Å²) in [6, 6.07) is 15.4. The van der Waals surface area contributed by atoms with E-state index in [0.717, 1.165) is 15.8 Å². The van der Waals surface area contributed by atoms with Crippen molar-refractivity contribution in [3.63, 3.8) is 0 Å². The maximum absolute atomic E-state index is 9.99. The van der Waals surface area contributed by atoms with Crippen molar-refractivity contribution >= 4 is 27.5 Å². The summed E-state index contributed by atoms with van der Waals surface area (Å²) in [5.74, 6) is 0.796. The van der Waals surface area contributed by atoms with Gasteiger partial charge >= 0.3 is 0 Å². The molecule has 0 spiro atoms. The van der Waals surface area contributed by atoms with Crippen LogP contribution in [-0.4, -0.2) is 37.6 Å². The van der Waals surface area contributed by atoms with E-state index in [9.17, 15) is 5.11 Å². The lowest BCUT2D eigenvalue weighted by atomic mass is 10.1. The fourth-order valence-electron chi connectivity index (χ4n) is 2.23. The predicted octanol–water partition coefficient (Wildman–Crippen LogP) is 4.21. The van der Waals surface area contributed by atoms with Crippen LogP contribution in [-0.2, 0) is 4.74 Å². The molecule has 0 aliphatic carbocycles. The van der Waals surface area contributed by atoms with Crippen molar-refractivity contribution in [3.05, 3.63) is 63.6 Å². The number of ether oxygens (including phenoxy) is 2. The van der Waals surface area contributed by atoms with Crippen LogP contribution in [0.5, 0.6) is 5.75 Å². The van der Waals surface area contributed by atoms with Gasteiger partial charge in [-0.2, -0.15) is 0 Å². The number of halogens is 2. The predicted molar refractivity (Wildman–Crippen MR) is 104 cm³/mol. The van der Waals surface area contributed by atoms with Gasteiger partial charge in [0.05, 0.1) is 19.3 Å². The molecule has 0 radical (unpaired) electrons. The zero-order chi connectivity index (χ0) is 18.1. The quantitative estimate of drug-likeness (QED) is 0.557. The van der Waals surface area contributed by atoms with Gasteiger partial charge in [0.15, 0.2) is 0 Å². The molecule has 0 aliphatic rings. The van der Waals surface area contributed by atoms with E-state index in [-0.39, 0.29) is 12.6 Å². The molecule has 0 saturated heterocycles. The Morgan fingerprint density at radius 1 is 1.16 bits per heavy atom. The number of hydrogen-bond donors (Lipinski definition) is 2. The van der Waals surface area contributed by atoms with Crippen molar-refractivity contribution in [3.8, 4) is 5.75 Å². The number of nitrogens with one attached hydrogen (secondary N) is 1. The number of hydrogen-bond acceptors (Lipinski definition) is 4. The summed E-state index contributed by atoms with van der Waals surface area (Å²) < 4.78 is 12.0. The second-order valence-corrected chi connectivity index (χ2v) is 7.07. The SMILES string of the molecule is CC(NCC(O)COCCOc1ccc(Br)cc1)c1cccc(Cl)c1. The van der Waals surface area contributed by atoms with Gasteiger partial charge in [0.25, 0.3) is 0 Å². The minimum atomic E-state index is -0.575. The summed E-state index contributed by atoms with van der Waals surface area (Å²) in [7, 11) is 0. The summed E-state index contributed by atoms with van der Waals surface area (Å²) in [6.45, 7) is 3.61. The zero-order valence-corrected chi connectivity index (χ0v) is 16.5. The summed E-state index contributed by atoms with van der Waals surface area (Å²) in [5, 5.41) is 14.0. The molecule has 2 N–H and O–H groups in total. The van der Waals surface area contributed by atoms with Gasteiger partial charge in [-0.25, -0.2) is 0 Å². The Hall–Kier alpha value is -1.11. The summed E-state index contributed by atoms with van der Waals surface area (Å²) in [6.07, 6.45) is -0.575. The highest BCUT2D eigenvalue weighted by atomic mass is 79.9. The first kappa shape index (κ1) is 20.2. The van der Waals surface area contributed by atoms with Crippen LogP contribution < -0.4 is 10.1 Å². The fourth-order valence-corrected chi connectivity index (χ4v) is 2.70. The minimum absolute atomic E-state index is 0.106. The van der Waals surface area contributed by atoms with E-state index in [1.807, 2.05) is 55.5 Å². The third-order valence-corrected chi connectivity index (χ3v) is 4.39. The molecule has 2 aromatic carbocycles. The second kappa shape index (κ2) is 10.8. The standard InChI is InChI=1S/C19H23BrClNO3/c1-14(15-3-2-4-17(21)11-15)22-12-18(23)13-24-9-10-25-19-7-5-16(20)6-8-19/h2-8,11,14,18,22-23H,9-10,12-13H2,1H3. The van der Waals surface area contributed by atoms with Crippen LogP contribution in [0.1, 0.15) is 18.5 Å². The lowest BCUT2D eigenvalue weighted by Gasteiger charge is -2.18. The number of benzene rings is 2. The van der Waals surface area contributed by atoms with E-state index < -0.39 is 6.10 Å². The Labute approximate surface area is 162 Å². The van der Waals surface area contributed by atoms with E-state index in [1.165, 1.54) is 0 Å². The molecule has 0 aliphatic heterocycles. The average Bonchev–Trinajstić information content (AvgIpc) is 2.61. The molecule has 0 aromatic heterocycles. The van der Waals surface area contributed by atoms with Gasteiger partial charge in [0, 0.05) is 22.1 Å². The summed E-state index contributed by atoms with van der Waals surface area (Å²) >= 11 is 9.37. The Kier molecular flexibility index (Phi) is 8.72. The smallest absolute Gasteiger partial charge is 0.119 e. The van der Waals surface area contributed by atoms with E-state index >= 15 is 0 Å². The van der Waals surface area contributed by atoms with Crippen LogP contribution in [0.15, 0.2) is 53.0 Å². The minimum Gasteiger partial charge on any atom is -0.491 e. The van der Waals surface area contributed by atoms with Crippen LogP contribution >= 0.6 is 27.5 Å². The molecular weight excluding hydrogens is 406 g/mol. The third kappa shape index (κ3) is 7.75. The van der Waals surface area contributed by atoms with Gasteiger partial charge in [0.2, 0.25) is 0 Å². The second-order valence-electron chi connectivity index (χ2n) is 5.72. The molecule has 2 unspecified atom stereocenters. The Morgan fingerprint density at radius 3 is 2.64 bits per heavy atom. The topological polar surface area (TPSA) is 50.7 Å². The molecule has 4 nitrogen and oxygen atoms in total. The first-order valence-electron chi connectivity index (χ1n) is 8.17. The molecule has 0 heterocycles. The van der Waals surface area contributed by atoms with E-state index in [1.54, 1.807) is 0 Å². The molecule has 6 heteroatoms. The maximum Gasteiger partial charge on any atom is 0.119 e. The van der Waals surface area contributed by atoms with Crippen molar-refractivity contribution in [2.45, 2.75) is 19.1 Å². The molecule has 0 saturated carbocycles.